The lowest BCUT2D eigenvalue weighted by molar-refractivity contribution is 0.288. The summed E-state index contributed by atoms with van der Waals surface area (Å²) in [7, 11) is 0. The standard InChI is InChI=1S/C26H30F2N2S/c1-4-23-25(22-10-7-20(28)17-24(22)29-23)18-11-14-30(15-12-18)16-13-26(2,3)31-21-8-5-19(27)6-9-21/h5-11,17,29H,4,12-16H2,1-3H3. The number of halogens is 2. The summed E-state index contributed by atoms with van der Waals surface area (Å²) in [5.74, 6) is -0.391. The van der Waals surface area contributed by atoms with Crippen LogP contribution in [0.25, 0.3) is 16.5 Å². The number of aromatic amines is 1. The molecule has 0 radical (unpaired) electrons. The Kier molecular flexibility index (Phi) is 6.54. The summed E-state index contributed by atoms with van der Waals surface area (Å²) in [6.45, 7) is 9.64. The second kappa shape index (κ2) is 9.17. The van der Waals surface area contributed by atoms with Gasteiger partial charge in [-0.05, 0) is 73.8 Å². The highest BCUT2D eigenvalue weighted by atomic mass is 32.2. The van der Waals surface area contributed by atoms with Gasteiger partial charge in [0.05, 0.1) is 0 Å². The van der Waals surface area contributed by atoms with Gasteiger partial charge in [-0.3, -0.25) is 4.90 Å². The minimum Gasteiger partial charge on any atom is -0.358 e. The van der Waals surface area contributed by atoms with E-state index in [4.69, 9.17) is 0 Å². The molecule has 0 saturated carbocycles. The summed E-state index contributed by atoms with van der Waals surface area (Å²) in [6, 6.07) is 11.8. The van der Waals surface area contributed by atoms with E-state index in [9.17, 15) is 8.78 Å². The minimum atomic E-state index is -0.201. The van der Waals surface area contributed by atoms with Crippen LogP contribution in [0.2, 0.25) is 0 Å². The summed E-state index contributed by atoms with van der Waals surface area (Å²) < 4.78 is 26.9. The zero-order valence-electron chi connectivity index (χ0n) is 18.5. The lowest BCUT2D eigenvalue weighted by Crippen LogP contribution is -2.33. The number of thioether (sulfide) groups is 1. The van der Waals surface area contributed by atoms with Gasteiger partial charge in [-0.2, -0.15) is 0 Å². The van der Waals surface area contributed by atoms with Crippen molar-refractivity contribution in [1.29, 1.82) is 0 Å². The van der Waals surface area contributed by atoms with E-state index < -0.39 is 0 Å². The number of nitrogens with one attached hydrogen (secondary N) is 1. The SMILES string of the molecule is CCc1[nH]c2cc(F)ccc2c1C1=CCN(CCC(C)(C)Sc2ccc(F)cc2)CC1. The quantitative estimate of drug-likeness (QED) is 0.397. The van der Waals surface area contributed by atoms with Crippen LogP contribution >= 0.6 is 11.8 Å². The van der Waals surface area contributed by atoms with E-state index in [1.54, 1.807) is 23.9 Å². The largest absolute Gasteiger partial charge is 0.358 e. The molecule has 0 atom stereocenters. The van der Waals surface area contributed by atoms with Crippen molar-refractivity contribution in [2.75, 3.05) is 19.6 Å². The van der Waals surface area contributed by atoms with Crippen LogP contribution in [0.15, 0.2) is 53.4 Å². The number of hydrogen-bond donors (Lipinski definition) is 1. The van der Waals surface area contributed by atoms with Gasteiger partial charge in [0.1, 0.15) is 11.6 Å². The van der Waals surface area contributed by atoms with Crippen molar-refractivity contribution < 1.29 is 8.78 Å². The van der Waals surface area contributed by atoms with Gasteiger partial charge in [-0.1, -0.05) is 26.8 Å². The average molecular weight is 441 g/mol. The van der Waals surface area contributed by atoms with E-state index in [0.717, 1.165) is 54.7 Å². The second-order valence-electron chi connectivity index (χ2n) is 8.87. The van der Waals surface area contributed by atoms with Gasteiger partial charge in [-0.25, -0.2) is 8.78 Å². The highest BCUT2D eigenvalue weighted by Gasteiger charge is 2.23. The molecule has 1 aliphatic rings. The Morgan fingerprint density at radius 2 is 1.81 bits per heavy atom. The van der Waals surface area contributed by atoms with Gasteiger partial charge in [0.25, 0.3) is 0 Å². The molecule has 0 saturated heterocycles. The molecule has 5 heteroatoms. The third-order valence-electron chi connectivity index (χ3n) is 6.04. The Hall–Kier alpha value is -2.11. The molecular formula is C26H30F2N2S. The Labute approximate surface area is 187 Å². The molecule has 0 unspecified atom stereocenters. The summed E-state index contributed by atoms with van der Waals surface area (Å²) in [5, 5.41) is 1.12. The van der Waals surface area contributed by atoms with Crippen molar-refractivity contribution >= 4 is 28.2 Å². The maximum Gasteiger partial charge on any atom is 0.125 e. The zero-order chi connectivity index (χ0) is 22.0. The molecule has 2 heterocycles. The Morgan fingerprint density at radius 3 is 2.48 bits per heavy atom. The maximum atomic E-state index is 13.7. The van der Waals surface area contributed by atoms with E-state index >= 15 is 0 Å². The van der Waals surface area contributed by atoms with E-state index in [1.165, 1.54) is 29.0 Å². The summed E-state index contributed by atoms with van der Waals surface area (Å²) in [6.07, 6.45) is 5.31. The molecule has 0 bridgehead atoms. The highest BCUT2D eigenvalue weighted by molar-refractivity contribution is 8.00. The van der Waals surface area contributed by atoms with Gasteiger partial charge in [0.2, 0.25) is 0 Å². The van der Waals surface area contributed by atoms with Crippen molar-refractivity contribution in [3.8, 4) is 0 Å². The summed E-state index contributed by atoms with van der Waals surface area (Å²) >= 11 is 1.81. The Balaban J connectivity index is 1.40. The van der Waals surface area contributed by atoms with Crippen LogP contribution < -0.4 is 0 Å². The van der Waals surface area contributed by atoms with E-state index in [1.807, 2.05) is 18.2 Å². The van der Waals surface area contributed by atoms with Crippen LogP contribution in [0.5, 0.6) is 0 Å². The molecule has 0 fully saturated rings. The van der Waals surface area contributed by atoms with Crippen molar-refractivity contribution in [1.82, 2.24) is 9.88 Å². The molecule has 4 rings (SSSR count). The lowest BCUT2D eigenvalue weighted by Gasteiger charge is -2.31. The predicted octanol–water partition coefficient (Wildman–Crippen LogP) is 7.06. The molecule has 164 valence electrons. The monoisotopic (exact) mass is 440 g/mol. The zero-order valence-corrected chi connectivity index (χ0v) is 19.3. The molecule has 2 aromatic carbocycles. The van der Waals surface area contributed by atoms with Crippen molar-refractivity contribution in [3.05, 3.63) is 71.4 Å². The van der Waals surface area contributed by atoms with Gasteiger partial charge < -0.3 is 4.98 Å². The molecule has 2 nitrogen and oxygen atoms in total. The second-order valence-corrected chi connectivity index (χ2v) is 10.6. The average Bonchev–Trinajstić information content (AvgIpc) is 3.12. The third-order valence-corrected chi connectivity index (χ3v) is 7.31. The highest BCUT2D eigenvalue weighted by Crippen LogP contribution is 2.36. The summed E-state index contributed by atoms with van der Waals surface area (Å²) in [4.78, 5) is 7.02. The van der Waals surface area contributed by atoms with Crippen LogP contribution in [-0.4, -0.2) is 34.3 Å². The molecular weight excluding hydrogens is 410 g/mol. The number of aromatic nitrogens is 1. The van der Waals surface area contributed by atoms with Gasteiger partial charge in [0, 0.05) is 44.9 Å². The van der Waals surface area contributed by atoms with E-state index in [2.05, 4.69) is 36.7 Å². The topological polar surface area (TPSA) is 19.0 Å². The lowest BCUT2D eigenvalue weighted by atomic mass is 9.95. The number of hydrogen-bond acceptors (Lipinski definition) is 2. The van der Waals surface area contributed by atoms with E-state index in [-0.39, 0.29) is 16.4 Å². The number of nitrogens with zero attached hydrogens (tertiary/aromatic N) is 1. The number of benzene rings is 2. The first-order chi connectivity index (χ1) is 14.8. The van der Waals surface area contributed by atoms with Crippen molar-refractivity contribution in [3.63, 3.8) is 0 Å². The van der Waals surface area contributed by atoms with Crippen LogP contribution in [-0.2, 0) is 6.42 Å². The summed E-state index contributed by atoms with van der Waals surface area (Å²) in [5.41, 5.74) is 4.71. The Bertz CT molecular complexity index is 1080. The smallest absolute Gasteiger partial charge is 0.125 e. The van der Waals surface area contributed by atoms with Crippen LogP contribution in [0.4, 0.5) is 8.78 Å². The fourth-order valence-corrected chi connectivity index (χ4v) is 5.40. The number of fused-ring (bicyclic) bond motifs is 1. The van der Waals surface area contributed by atoms with Crippen molar-refractivity contribution in [2.45, 2.75) is 49.7 Å². The fraction of sp³-hybridized carbons (Fsp3) is 0.385. The molecule has 0 amide bonds. The van der Waals surface area contributed by atoms with E-state index in [0.29, 0.717) is 0 Å². The normalized spacial score (nSPS) is 15.5. The first-order valence-electron chi connectivity index (χ1n) is 11.0. The predicted molar refractivity (Wildman–Crippen MR) is 128 cm³/mol. The fourth-order valence-electron chi connectivity index (χ4n) is 4.30. The van der Waals surface area contributed by atoms with Crippen LogP contribution in [0, 0.1) is 11.6 Å². The number of H-pyrrole nitrogens is 1. The minimum absolute atomic E-state index is 0.0815. The van der Waals surface area contributed by atoms with Gasteiger partial charge >= 0.3 is 0 Å². The molecule has 1 aromatic heterocycles. The first kappa shape index (κ1) is 22.1. The van der Waals surface area contributed by atoms with Gasteiger partial charge in [-0.15, -0.1) is 11.8 Å². The number of rotatable bonds is 7. The van der Waals surface area contributed by atoms with Crippen LogP contribution in [0.1, 0.15) is 44.9 Å². The third kappa shape index (κ3) is 5.21. The Morgan fingerprint density at radius 1 is 1.06 bits per heavy atom. The molecule has 0 spiro atoms. The van der Waals surface area contributed by atoms with Gasteiger partial charge in [0.15, 0.2) is 0 Å². The molecule has 31 heavy (non-hydrogen) atoms. The molecule has 1 N–H and O–H groups in total. The molecule has 3 aromatic rings. The van der Waals surface area contributed by atoms with Crippen molar-refractivity contribution in [2.24, 2.45) is 0 Å². The maximum absolute atomic E-state index is 13.7. The number of aryl methyl sites for hydroxylation is 1. The molecule has 0 aliphatic carbocycles. The van der Waals surface area contributed by atoms with Crippen LogP contribution in [0.3, 0.4) is 0 Å². The molecule has 1 aliphatic heterocycles. The first-order valence-corrected chi connectivity index (χ1v) is 11.8.